The molecule has 5 atom stereocenters. The molecule has 0 radical (unpaired) electrons. The van der Waals surface area contributed by atoms with Crippen molar-refractivity contribution in [3.05, 3.63) is 11.1 Å². The summed E-state index contributed by atoms with van der Waals surface area (Å²) in [6.45, 7) is 5.06. The Morgan fingerprint density at radius 1 is 0.824 bits per heavy atom. The van der Waals surface area contributed by atoms with E-state index in [1.54, 1.807) is 12.8 Å². The van der Waals surface area contributed by atoms with Crippen LogP contribution in [0.1, 0.15) is 58.8 Å². The molecule has 0 aromatic carbocycles. The summed E-state index contributed by atoms with van der Waals surface area (Å²) in [5.74, 6) is 6.29. The average molecular weight is 230 g/mol. The predicted octanol–water partition coefficient (Wildman–Crippen LogP) is 4.81. The van der Waals surface area contributed by atoms with Gasteiger partial charge in [-0.15, -0.1) is 0 Å². The van der Waals surface area contributed by atoms with E-state index in [-0.39, 0.29) is 0 Å². The summed E-state index contributed by atoms with van der Waals surface area (Å²) in [5, 5.41) is 0. The normalized spacial score (nSPS) is 52.6. The highest BCUT2D eigenvalue weighted by molar-refractivity contribution is 5.30. The summed E-state index contributed by atoms with van der Waals surface area (Å²) in [4.78, 5) is 0. The van der Waals surface area contributed by atoms with Crippen molar-refractivity contribution >= 4 is 0 Å². The van der Waals surface area contributed by atoms with Crippen LogP contribution in [0.25, 0.3) is 0 Å². The Kier molecular flexibility index (Phi) is 2.27. The standard InChI is InChI=1S/C17H26/c1-10-7-17(14-8-13(10)9-14)16-6-4-12-3-5-15(16)11(12)2/h10-13,15-16H,3-9H2,1-2H3. The van der Waals surface area contributed by atoms with Crippen molar-refractivity contribution in [3.63, 3.8) is 0 Å². The molecule has 0 spiro atoms. The molecule has 0 aromatic rings. The fourth-order valence-electron chi connectivity index (χ4n) is 5.61. The molecule has 0 nitrogen and oxygen atoms in total. The lowest BCUT2D eigenvalue weighted by Gasteiger charge is -2.47. The van der Waals surface area contributed by atoms with E-state index in [9.17, 15) is 0 Å². The van der Waals surface area contributed by atoms with Gasteiger partial charge in [-0.05, 0) is 80.5 Å². The average Bonchev–Trinajstić information content (AvgIpc) is 2.50. The first-order valence-corrected chi connectivity index (χ1v) is 7.95. The molecule has 5 aliphatic carbocycles. The van der Waals surface area contributed by atoms with Gasteiger partial charge in [-0.25, -0.2) is 0 Å². The smallest absolute Gasteiger partial charge is 0.0169 e. The zero-order valence-corrected chi connectivity index (χ0v) is 11.4. The van der Waals surface area contributed by atoms with E-state index in [0.29, 0.717) is 0 Å². The first-order valence-electron chi connectivity index (χ1n) is 7.95. The van der Waals surface area contributed by atoms with Gasteiger partial charge >= 0.3 is 0 Å². The quantitative estimate of drug-likeness (QED) is 0.567. The van der Waals surface area contributed by atoms with E-state index in [1.807, 2.05) is 11.1 Å². The van der Waals surface area contributed by atoms with E-state index >= 15 is 0 Å². The fraction of sp³-hybridized carbons (Fsp3) is 0.882. The minimum absolute atomic E-state index is 0.997. The van der Waals surface area contributed by atoms with Crippen LogP contribution in [-0.2, 0) is 0 Å². The summed E-state index contributed by atoms with van der Waals surface area (Å²) in [5.41, 5.74) is 3.88. The van der Waals surface area contributed by atoms with Gasteiger partial charge in [-0.3, -0.25) is 0 Å². The molecule has 0 aromatic heterocycles. The van der Waals surface area contributed by atoms with Gasteiger partial charge in [0.15, 0.2) is 0 Å². The van der Waals surface area contributed by atoms with Gasteiger partial charge in [-0.1, -0.05) is 25.0 Å². The summed E-state index contributed by atoms with van der Waals surface area (Å²) in [7, 11) is 0. The molecule has 17 heavy (non-hydrogen) atoms. The van der Waals surface area contributed by atoms with Gasteiger partial charge in [0.05, 0.1) is 0 Å². The monoisotopic (exact) mass is 230 g/mol. The summed E-state index contributed by atoms with van der Waals surface area (Å²) >= 11 is 0. The predicted molar refractivity (Wildman–Crippen MR) is 71.6 cm³/mol. The van der Waals surface area contributed by atoms with Gasteiger partial charge in [-0.2, -0.15) is 0 Å². The molecular formula is C17H26. The molecule has 5 aliphatic rings. The molecule has 94 valence electrons. The van der Waals surface area contributed by atoms with Crippen molar-refractivity contribution in [3.8, 4) is 0 Å². The van der Waals surface area contributed by atoms with Gasteiger partial charge < -0.3 is 0 Å². The number of rotatable bonds is 1. The Labute approximate surface area is 106 Å². The highest BCUT2D eigenvalue weighted by Gasteiger charge is 2.46. The van der Waals surface area contributed by atoms with Crippen molar-refractivity contribution in [1.82, 2.24) is 0 Å². The number of hydrogen-bond donors (Lipinski definition) is 0. The Hall–Kier alpha value is -0.260. The number of allylic oxidation sites excluding steroid dienone is 2. The fourth-order valence-corrected chi connectivity index (χ4v) is 5.61. The second-order valence-electron chi connectivity index (χ2n) is 7.52. The third-order valence-electron chi connectivity index (χ3n) is 6.92. The van der Waals surface area contributed by atoms with E-state index in [1.165, 1.54) is 32.1 Å². The Bertz CT molecular complexity index is 356. The summed E-state index contributed by atoms with van der Waals surface area (Å²) in [6, 6.07) is 0. The van der Waals surface area contributed by atoms with E-state index < -0.39 is 0 Å². The van der Waals surface area contributed by atoms with Gasteiger partial charge in [0, 0.05) is 0 Å². The molecule has 0 saturated heterocycles. The number of fused-ring (bicyclic) bond motifs is 4. The third-order valence-corrected chi connectivity index (χ3v) is 6.92. The molecule has 0 N–H and O–H groups in total. The van der Waals surface area contributed by atoms with E-state index in [0.717, 1.165) is 35.5 Å². The zero-order valence-electron chi connectivity index (χ0n) is 11.4. The Morgan fingerprint density at radius 3 is 2.35 bits per heavy atom. The first kappa shape index (κ1) is 10.6. The SMILES string of the molecule is CC1CC(C2CCC3CCC2C3C)=C2CC1C2. The molecule has 3 fully saturated rings. The van der Waals surface area contributed by atoms with E-state index in [4.69, 9.17) is 0 Å². The molecule has 0 heteroatoms. The second-order valence-corrected chi connectivity index (χ2v) is 7.52. The maximum atomic E-state index is 2.55. The highest BCUT2D eigenvalue weighted by Crippen LogP contribution is 2.57. The molecule has 3 saturated carbocycles. The number of hydrogen-bond acceptors (Lipinski definition) is 0. The Balaban J connectivity index is 1.63. The van der Waals surface area contributed by atoms with Crippen LogP contribution < -0.4 is 0 Å². The van der Waals surface area contributed by atoms with E-state index in [2.05, 4.69) is 13.8 Å². The van der Waals surface area contributed by atoms with Crippen molar-refractivity contribution in [2.45, 2.75) is 58.8 Å². The van der Waals surface area contributed by atoms with Crippen LogP contribution in [0.3, 0.4) is 0 Å². The largest absolute Gasteiger partial charge is 0.0701 e. The van der Waals surface area contributed by atoms with Gasteiger partial charge in [0.1, 0.15) is 0 Å². The molecule has 0 aliphatic heterocycles. The molecule has 4 bridgehead atoms. The maximum Gasteiger partial charge on any atom is -0.0169 e. The highest BCUT2D eigenvalue weighted by atomic mass is 14.5. The molecule has 5 rings (SSSR count). The van der Waals surface area contributed by atoms with Crippen molar-refractivity contribution in [1.29, 1.82) is 0 Å². The van der Waals surface area contributed by atoms with Crippen LogP contribution in [0.15, 0.2) is 11.1 Å². The first-order chi connectivity index (χ1) is 8.24. The van der Waals surface area contributed by atoms with Crippen LogP contribution in [0.2, 0.25) is 0 Å². The second kappa shape index (κ2) is 3.62. The lowest BCUT2D eigenvalue weighted by molar-refractivity contribution is 0.162. The molecule has 0 amide bonds. The van der Waals surface area contributed by atoms with Crippen LogP contribution in [0, 0.1) is 35.5 Å². The van der Waals surface area contributed by atoms with Crippen molar-refractivity contribution in [2.75, 3.05) is 0 Å². The van der Waals surface area contributed by atoms with Crippen LogP contribution >= 0.6 is 0 Å². The molecular weight excluding hydrogens is 204 g/mol. The van der Waals surface area contributed by atoms with Crippen molar-refractivity contribution < 1.29 is 0 Å². The topological polar surface area (TPSA) is 0 Å². The minimum atomic E-state index is 0.997. The molecule has 5 unspecified atom stereocenters. The summed E-state index contributed by atoms with van der Waals surface area (Å²) < 4.78 is 0. The van der Waals surface area contributed by atoms with Crippen LogP contribution in [0.5, 0.6) is 0 Å². The Morgan fingerprint density at radius 2 is 1.59 bits per heavy atom. The van der Waals surface area contributed by atoms with Crippen molar-refractivity contribution in [2.24, 2.45) is 35.5 Å². The van der Waals surface area contributed by atoms with Gasteiger partial charge in [0.2, 0.25) is 0 Å². The maximum absolute atomic E-state index is 2.55. The minimum Gasteiger partial charge on any atom is -0.0701 e. The van der Waals surface area contributed by atoms with Crippen LogP contribution in [-0.4, -0.2) is 0 Å². The van der Waals surface area contributed by atoms with Gasteiger partial charge in [0.25, 0.3) is 0 Å². The lowest BCUT2D eigenvalue weighted by Crippen LogP contribution is -2.35. The summed E-state index contributed by atoms with van der Waals surface area (Å²) in [6.07, 6.45) is 10.6. The van der Waals surface area contributed by atoms with Crippen LogP contribution in [0.4, 0.5) is 0 Å². The zero-order chi connectivity index (χ0) is 11.6. The lowest BCUT2D eigenvalue weighted by atomic mass is 9.58. The molecule has 0 heterocycles. The third kappa shape index (κ3) is 1.42.